The molecule has 0 aromatic heterocycles. The molecular weight excluding hydrogens is 961 g/mol. The predicted molar refractivity (Wildman–Crippen MR) is 339 cm³/mol. The minimum Gasteiger partial charge on any atom is -0.462 e. The molecule has 1 unspecified atom stereocenters. The Labute approximate surface area is 483 Å². The normalized spacial score (nSPS) is 12.7. The number of rotatable bonds is 60. The molecule has 0 aromatic carbocycles. The summed E-state index contributed by atoms with van der Waals surface area (Å²) < 4.78 is 16.9. The third-order valence-electron chi connectivity index (χ3n) is 14.3. The fraction of sp³-hybridized carbons (Fsp3) is 0.736. The maximum atomic E-state index is 12.9. The van der Waals surface area contributed by atoms with Gasteiger partial charge in [-0.15, -0.1) is 0 Å². The second-order valence-corrected chi connectivity index (χ2v) is 22.0. The number of carbonyl (C=O) groups excluding carboxylic acids is 3. The van der Waals surface area contributed by atoms with Crippen LogP contribution in [0, 0.1) is 0 Å². The molecule has 0 radical (unpaired) electrons. The molecule has 0 N–H and O–H groups in total. The van der Waals surface area contributed by atoms with E-state index in [2.05, 4.69) is 118 Å². The van der Waals surface area contributed by atoms with Gasteiger partial charge in [-0.1, -0.05) is 304 Å². The highest BCUT2D eigenvalue weighted by Crippen LogP contribution is 2.17. The summed E-state index contributed by atoms with van der Waals surface area (Å²) in [4.78, 5) is 38.3. The van der Waals surface area contributed by atoms with E-state index in [1.807, 2.05) is 0 Å². The van der Waals surface area contributed by atoms with Crippen molar-refractivity contribution in [3.63, 3.8) is 0 Å². The summed E-state index contributed by atoms with van der Waals surface area (Å²) >= 11 is 0. The Balaban J connectivity index is 4.20. The molecule has 6 heteroatoms. The molecule has 0 fully saturated rings. The first-order chi connectivity index (χ1) is 38.5. The van der Waals surface area contributed by atoms with Crippen LogP contribution < -0.4 is 0 Å². The standard InChI is InChI=1S/C72H124O6/c1-4-7-10-13-16-19-22-25-28-29-30-31-32-33-34-35-36-37-38-39-40-41-42-43-45-47-50-53-56-59-62-65-71(74)77-68-69(67-76-70(73)64-61-58-55-52-49-46-27-24-21-18-15-12-9-6-3)78-72(75)66-63-60-57-54-51-48-44-26-23-20-17-14-11-8-5-2/h7-8,10-11,16-17,19-20,25-26,28,30-31,44,51,54,69H,4-6,9,12-15,18,21-24,27,29,32-43,45-50,52-53,55-68H2,1-3H3/b10-7-,11-8-,19-16-,20-17-,28-25-,31-30-,44-26-,54-51-. The number of esters is 3. The quantitative estimate of drug-likeness (QED) is 0.0261. The van der Waals surface area contributed by atoms with Gasteiger partial charge in [-0.2, -0.15) is 0 Å². The Kier molecular flexibility index (Phi) is 62.7. The molecule has 0 saturated heterocycles. The van der Waals surface area contributed by atoms with Gasteiger partial charge in [0.05, 0.1) is 0 Å². The molecule has 0 aliphatic rings. The van der Waals surface area contributed by atoms with Gasteiger partial charge in [-0.3, -0.25) is 14.4 Å². The van der Waals surface area contributed by atoms with Gasteiger partial charge >= 0.3 is 17.9 Å². The van der Waals surface area contributed by atoms with Gasteiger partial charge in [0.25, 0.3) is 0 Å². The summed E-state index contributed by atoms with van der Waals surface area (Å²) in [6.45, 7) is 6.41. The molecule has 0 rings (SSSR count). The molecule has 0 aliphatic carbocycles. The van der Waals surface area contributed by atoms with Gasteiger partial charge in [0.1, 0.15) is 13.2 Å². The SMILES string of the molecule is CC/C=C\C/C=C\C/C=C\C/C=C\CCCCCCCCCCCCCCCCCCCCC(=O)OCC(COC(=O)CCCCCCCCCCCCCCCC)OC(=O)CCCC/C=C\C/C=C\C/C=C\C/C=C\CC. The van der Waals surface area contributed by atoms with Crippen molar-refractivity contribution in [1.29, 1.82) is 0 Å². The van der Waals surface area contributed by atoms with Crippen LogP contribution in [-0.4, -0.2) is 37.2 Å². The van der Waals surface area contributed by atoms with Crippen LogP contribution >= 0.6 is 0 Å². The van der Waals surface area contributed by atoms with E-state index in [-0.39, 0.29) is 37.5 Å². The molecule has 0 spiro atoms. The van der Waals surface area contributed by atoms with Gasteiger partial charge < -0.3 is 14.2 Å². The fourth-order valence-electron chi connectivity index (χ4n) is 9.43. The fourth-order valence-corrected chi connectivity index (χ4v) is 9.43. The Bertz CT molecular complexity index is 1530. The van der Waals surface area contributed by atoms with Crippen LogP contribution in [0.2, 0.25) is 0 Å². The van der Waals surface area contributed by atoms with Crippen molar-refractivity contribution >= 4 is 17.9 Å². The largest absolute Gasteiger partial charge is 0.462 e. The van der Waals surface area contributed by atoms with Crippen molar-refractivity contribution in [3.05, 3.63) is 97.2 Å². The summed E-state index contributed by atoms with van der Waals surface area (Å²) in [6, 6.07) is 0. The van der Waals surface area contributed by atoms with E-state index in [1.165, 1.54) is 173 Å². The molecular formula is C72H124O6. The van der Waals surface area contributed by atoms with Crippen molar-refractivity contribution in [3.8, 4) is 0 Å². The molecule has 0 amide bonds. The van der Waals surface area contributed by atoms with E-state index in [1.54, 1.807) is 0 Å². The zero-order valence-electron chi connectivity index (χ0n) is 51.4. The third-order valence-corrected chi connectivity index (χ3v) is 14.3. The van der Waals surface area contributed by atoms with Crippen LogP contribution in [0.4, 0.5) is 0 Å². The predicted octanol–water partition coefficient (Wildman–Crippen LogP) is 22.8. The van der Waals surface area contributed by atoms with Gasteiger partial charge in [0, 0.05) is 19.3 Å². The average molecular weight is 1090 g/mol. The summed E-state index contributed by atoms with van der Waals surface area (Å²) in [5.74, 6) is -0.917. The van der Waals surface area contributed by atoms with Gasteiger partial charge in [-0.25, -0.2) is 0 Å². The number of carbonyl (C=O) groups is 3. The number of hydrogen-bond donors (Lipinski definition) is 0. The Morgan fingerprint density at radius 3 is 0.808 bits per heavy atom. The summed E-state index contributed by atoms with van der Waals surface area (Å²) in [6.07, 6.45) is 88.7. The van der Waals surface area contributed by atoms with Gasteiger partial charge in [0.15, 0.2) is 6.10 Å². The van der Waals surface area contributed by atoms with E-state index in [9.17, 15) is 14.4 Å². The first kappa shape index (κ1) is 74.3. The van der Waals surface area contributed by atoms with Crippen molar-refractivity contribution in [2.45, 2.75) is 329 Å². The lowest BCUT2D eigenvalue weighted by Gasteiger charge is -2.18. The highest BCUT2D eigenvalue weighted by atomic mass is 16.6. The van der Waals surface area contributed by atoms with Crippen LogP contribution in [0.15, 0.2) is 97.2 Å². The summed E-state index contributed by atoms with van der Waals surface area (Å²) in [7, 11) is 0. The smallest absolute Gasteiger partial charge is 0.306 e. The molecule has 1 atom stereocenters. The van der Waals surface area contributed by atoms with Crippen LogP contribution in [-0.2, 0) is 28.6 Å². The summed E-state index contributed by atoms with van der Waals surface area (Å²) in [5, 5.41) is 0. The van der Waals surface area contributed by atoms with E-state index in [0.717, 1.165) is 103 Å². The van der Waals surface area contributed by atoms with Gasteiger partial charge in [-0.05, 0) is 96.3 Å². The Morgan fingerprint density at radius 1 is 0.269 bits per heavy atom. The van der Waals surface area contributed by atoms with Crippen molar-refractivity contribution < 1.29 is 28.6 Å². The molecule has 448 valence electrons. The maximum absolute atomic E-state index is 12.9. The Morgan fingerprint density at radius 2 is 0.500 bits per heavy atom. The molecule has 0 aliphatic heterocycles. The number of unbranched alkanes of at least 4 members (excludes halogenated alkanes) is 33. The maximum Gasteiger partial charge on any atom is 0.306 e. The number of allylic oxidation sites excluding steroid dienone is 16. The van der Waals surface area contributed by atoms with Crippen LogP contribution in [0.5, 0.6) is 0 Å². The van der Waals surface area contributed by atoms with Crippen molar-refractivity contribution in [1.82, 2.24) is 0 Å². The third kappa shape index (κ3) is 63.2. The van der Waals surface area contributed by atoms with Crippen LogP contribution in [0.1, 0.15) is 323 Å². The Hall–Kier alpha value is -3.67. The first-order valence-corrected chi connectivity index (χ1v) is 33.2. The van der Waals surface area contributed by atoms with E-state index >= 15 is 0 Å². The lowest BCUT2D eigenvalue weighted by Crippen LogP contribution is -2.30. The molecule has 0 aromatic rings. The number of ether oxygens (including phenoxy) is 3. The number of hydrogen-bond acceptors (Lipinski definition) is 6. The van der Waals surface area contributed by atoms with E-state index in [0.29, 0.717) is 19.3 Å². The van der Waals surface area contributed by atoms with Crippen molar-refractivity contribution in [2.75, 3.05) is 13.2 Å². The molecule has 6 nitrogen and oxygen atoms in total. The highest BCUT2D eigenvalue weighted by molar-refractivity contribution is 5.71. The molecule has 0 saturated carbocycles. The summed E-state index contributed by atoms with van der Waals surface area (Å²) in [5.41, 5.74) is 0. The minimum absolute atomic E-state index is 0.0896. The minimum atomic E-state index is -0.797. The zero-order chi connectivity index (χ0) is 56.4. The zero-order valence-corrected chi connectivity index (χ0v) is 51.4. The van der Waals surface area contributed by atoms with E-state index in [4.69, 9.17) is 14.2 Å². The van der Waals surface area contributed by atoms with Crippen molar-refractivity contribution in [2.24, 2.45) is 0 Å². The first-order valence-electron chi connectivity index (χ1n) is 33.2. The van der Waals surface area contributed by atoms with Gasteiger partial charge in [0.2, 0.25) is 0 Å². The topological polar surface area (TPSA) is 78.9 Å². The lowest BCUT2D eigenvalue weighted by atomic mass is 10.0. The molecule has 78 heavy (non-hydrogen) atoms. The second kappa shape index (κ2) is 65.8. The molecule has 0 heterocycles. The highest BCUT2D eigenvalue weighted by Gasteiger charge is 2.19. The average Bonchev–Trinajstić information content (AvgIpc) is 3.44. The van der Waals surface area contributed by atoms with E-state index < -0.39 is 6.10 Å². The van der Waals surface area contributed by atoms with Crippen LogP contribution in [0.3, 0.4) is 0 Å². The van der Waals surface area contributed by atoms with Crippen LogP contribution in [0.25, 0.3) is 0 Å². The lowest BCUT2D eigenvalue weighted by molar-refractivity contribution is -0.167. The molecule has 0 bridgehead atoms. The monoisotopic (exact) mass is 1080 g/mol. The second-order valence-electron chi connectivity index (χ2n) is 22.0.